The Labute approximate surface area is 164 Å². The van der Waals surface area contributed by atoms with E-state index in [1.807, 2.05) is 54.6 Å². The van der Waals surface area contributed by atoms with Crippen LogP contribution in [0.3, 0.4) is 0 Å². The molecule has 27 heavy (non-hydrogen) atoms. The van der Waals surface area contributed by atoms with Crippen LogP contribution in [0.5, 0.6) is 0 Å². The van der Waals surface area contributed by atoms with Gasteiger partial charge in [-0.05, 0) is 17.4 Å². The number of hydrogen-bond donors (Lipinski definition) is 2. The lowest BCUT2D eigenvalue weighted by molar-refractivity contribution is -0.119. The molecule has 5 nitrogen and oxygen atoms in total. The van der Waals surface area contributed by atoms with Crippen molar-refractivity contribution in [1.82, 2.24) is 20.3 Å². The Balaban J connectivity index is 1.92. The number of Topliss-reactive ketones (excluding diaryl/α,β-unsaturated/α-hetero) is 1. The highest BCUT2D eigenvalue weighted by atomic mass is 32.2. The SMILES string of the molecule is CSNCCC(=O)C1c2ccccc2C2=C(c3ccccc31)N(C)NN2C. The third kappa shape index (κ3) is 3.04. The average Bonchev–Trinajstić information content (AvgIpc) is 2.89. The van der Waals surface area contributed by atoms with Crippen molar-refractivity contribution in [2.75, 3.05) is 26.9 Å². The van der Waals surface area contributed by atoms with E-state index in [1.54, 1.807) is 11.9 Å². The van der Waals surface area contributed by atoms with Crippen LogP contribution in [0.1, 0.15) is 34.6 Å². The van der Waals surface area contributed by atoms with E-state index in [2.05, 4.69) is 34.5 Å². The highest BCUT2D eigenvalue weighted by Crippen LogP contribution is 2.45. The Morgan fingerprint density at radius 1 is 1.00 bits per heavy atom. The second kappa shape index (κ2) is 7.38. The summed E-state index contributed by atoms with van der Waals surface area (Å²) in [5, 5.41) is 4.07. The van der Waals surface area contributed by atoms with Gasteiger partial charge in [-0.25, -0.2) is 0 Å². The number of hydrogen-bond acceptors (Lipinski definition) is 6. The molecule has 2 aromatic rings. The number of fused-ring (bicyclic) bond motifs is 4. The molecule has 140 valence electrons. The molecule has 2 aromatic carbocycles. The second-order valence-corrected chi connectivity index (χ2v) is 7.53. The summed E-state index contributed by atoms with van der Waals surface area (Å²) in [6.45, 7) is 0.676. The molecular weight excluding hydrogens is 356 g/mol. The van der Waals surface area contributed by atoms with Crippen molar-refractivity contribution < 1.29 is 4.79 Å². The molecule has 2 N–H and O–H groups in total. The minimum Gasteiger partial charge on any atom is -0.299 e. The zero-order valence-electron chi connectivity index (χ0n) is 15.8. The fourth-order valence-electron chi connectivity index (χ4n) is 4.12. The lowest BCUT2D eigenvalue weighted by Gasteiger charge is -2.24. The van der Waals surface area contributed by atoms with Gasteiger partial charge in [0.15, 0.2) is 0 Å². The molecule has 1 aliphatic carbocycles. The van der Waals surface area contributed by atoms with Gasteiger partial charge in [0.25, 0.3) is 0 Å². The van der Waals surface area contributed by atoms with Gasteiger partial charge in [-0.3, -0.25) is 19.5 Å². The lowest BCUT2D eigenvalue weighted by atomic mass is 9.83. The first kappa shape index (κ1) is 18.1. The first-order valence-corrected chi connectivity index (χ1v) is 10.3. The average molecular weight is 381 g/mol. The predicted molar refractivity (Wildman–Crippen MR) is 111 cm³/mol. The van der Waals surface area contributed by atoms with Gasteiger partial charge in [0.2, 0.25) is 0 Å². The zero-order valence-corrected chi connectivity index (χ0v) is 16.6. The van der Waals surface area contributed by atoms with Crippen LogP contribution in [0.15, 0.2) is 48.5 Å². The summed E-state index contributed by atoms with van der Waals surface area (Å²) in [4.78, 5) is 13.3. The van der Waals surface area contributed by atoms with E-state index in [0.717, 1.165) is 33.6 Å². The fraction of sp³-hybridized carbons (Fsp3) is 0.286. The number of ketones is 1. The summed E-state index contributed by atoms with van der Waals surface area (Å²) < 4.78 is 3.19. The lowest BCUT2D eigenvalue weighted by Crippen LogP contribution is -2.36. The molecule has 1 aliphatic heterocycles. The van der Waals surface area contributed by atoms with E-state index in [1.165, 1.54) is 0 Å². The maximum absolute atomic E-state index is 13.3. The molecule has 0 fully saturated rings. The Bertz CT molecular complexity index is 849. The van der Waals surface area contributed by atoms with Crippen molar-refractivity contribution in [1.29, 1.82) is 0 Å². The number of hydrazine groups is 2. The van der Waals surface area contributed by atoms with Gasteiger partial charge in [0.1, 0.15) is 5.78 Å². The van der Waals surface area contributed by atoms with Crippen LogP contribution in [-0.2, 0) is 4.79 Å². The molecule has 0 saturated carbocycles. The monoisotopic (exact) mass is 380 g/mol. The highest BCUT2D eigenvalue weighted by Gasteiger charge is 2.37. The van der Waals surface area contributed by atoms with Crippen molar-refractivity contribution in [2.45, 2.75) is 12.3 Å². The summed E-state index contributed by atoms with van der Waals surface area (Å²) in [6, 6.07) is 16.6. The van der Waals surface area contributed by atoms with Crippen molar-refractivity contribution in [2.24, 2.45) is 0 Å². The van der Waals surface area contributed by atoms with E-state index in [9.17, 15) is 4.79 Å². The molecular formula is C21H24N4OS. The van der Waals surface area contributed by atoms with E-state index in [0.29, 0.717) is 13.0 Å². The largest absolute Gasteiger partial charge is 0.299 e. The molecule has 6 heteroatoms. The molecule has 2 aliphatic rings. The molecule has 4 rings (SSSR count). The Morgan fingerprint density at radius 2 is 1.52 bits per heavy atom. The van der Waals surface area contributed by atoms with Crippen LogP contribution < -0.4 is 10.3 Å². The number of rotatable bonds is 5. The maximum atomic E-state index is 13.3. The number of benzene rings is 2. The molecule has 0 bridgehead atoms. The molecule has 0 spiro atoms. The molecule has 0 aromatic heterocycles. The van der Waals surface area contributed by atoms with Gasteiger partial charge in [-0.15, -0.1) is 5.53 Å². The van der Waals surface area contributed by atoms with Gasteiger partial charge in [-0.1, -0.05) is 60.5 Å². The Hall–Kier alpha value is -2.28. The summed E-state index contributed by atoms with van der Waals surface area (Å²) in [6.07, 6.45) is 2.48. The van der Waals surface area contributed by atoms with Crippen LogP contribution in [0.25, 0.3) is 11.4 Å². The van der Waals surface area contributed by atoms with Gasteiger partial charge < -0.3 is 0 Å². The number of carbonyl (C=O) groups is 1. The third-order valence-corrected chi connectivity index (χ3v) is 5.68. The van der Waals surface area contributed by atoms with Gasteiger partial charge in [-0.2, -0.15) is 0 Å². The van der Waals surface area contributed by atoms with E-state index >= 15 is 0 Å². The first-order valence-electron chi connectivity index (χ1n) is 9.08. The van der Waals surface area contributed by atoms with E-state index in [-0.39, 0.29) is 11.7 Å². The summed E-state index contributed by atoms with van der Waals surface area (Å²) >= 11 is 1.55. The van der Waals surface area contributed by atoms with Crippen LogP contribution in [0, 0.1) is 0 Å². The number of nitrogens with one attached hydrogen (secondary N) is 2. The zero-order chi connectivity index (χ0) is 19.0. The van der Waals surface area contributed by atoms with E-state index < -0.39 is 0 Å². The standard InChI is InChI=1S/C21H24N4OS/c1-24-20-16-10-6-4-8-14(16)19(18(26)12-13-22-27-3)15-9-5-7-11-17(15)21(20)25(2)23-24/h4-11,19,22-23H,12-13H2,1-3H3. The molecule has 0 radical (unpaired) electrons. The quantitative estimate of drug-likeness (QED) is 0.614. The van der Waals surface area contributed by atoms with Gasteiger partial charge in [0.05, 0.1) is 17.3 Å². The van der Waals surface area contributed by atoms with E-state index in [4.69, 9.17) is 0 Å². The Kier molecular flexibility index (Phi) is 4.95. The minimum atomic E-state index is -0.256. The van der Waals surface area contributed by atoms with Crippen LogP contribution in [-0.4, -0.2) is 42.7 Å². The third-order valence-electron chi connectivity index (χ3n) is 5.19. The maximum Gasteiger partial charge on any atom is 0.146 e. The van der Waals surface area contributed by atoms with Gasteiger partial charge in [0, 0.05) is 38.2 Å². The summed E-state index contributed by atoms with van der Waals surface area (Å²) in [7, 11) is 4.03. The van der Waals surface area contributed by atoms with Gasteiger partial charge >= 0.3 is 0 Å². The van der Waals surface area contributed by atoms with Crippen molar-refractivity contribution in [3.8, 4) is 0 Å². The molecule has 0 unspecified atom stereocenters. The summed E-state index contributed by atoms with van der Waals surface area (Å²) in [5.41, 5.74) is 9.94. The van der Waals surface area contributed by atoms with Crippen LogP contribution >= 0.6 is 11.9 Å². The molecule has 0 saturated heterocycles. The number of nitrogens with zero attached hydrogens (tertiary/aromatic N) is 2. The topological polar surface area (TPSA) is 47.6 Å². The summed E-state index contributed by atoms with van der Waals surface area (Å²) in [5.74, 6) is -0.00987. The minimum absolute atomic E-state index is 0.246. The molecule has 0 amide bonds. The van der Waals surface area contributed by atoms with Crippen LogP contribution in [0.4, 0.5) is 0 Å². The van der Waals surface area contributed by atoms with Crippen molar-refractivity contribution in [3.63, 3.8) is 0 Å². The fourth-order valence-corrected chi connectivity index (χ4v) is 4.43. The Morgan fingerprint density at radius 3 is 2.04 bits per heavy atom. The van der Waals surface area contributed by atoms with Crippen molar-refractivity contribution >= 4 is 29.1 Å². The van der Waals surface area contributed by atoms with Crippen molar-refractivity contribution in [3.05, 3.63) is 70.8 Å². The first-order chi connectivity index (χ1) is 13.1. The second-order valence-electron chi connectivity index (χ2n) is 6.84. The highest BCUT2D eigenvalue weighted by molar-refractivity contribution is 7.96. The van der Waals surface area contributed by atoms with Crippen LogP contribution in [0.2, 0.25) is 0 Å². The smallest absolute Gasteiger partial charge is 0.146 e. The number of carbonyl (C=O) groups excluding carboxylic acids is 1. The normalized spacial score (nSPS) is 16.1. The predicted octanol–water partition coefficient (Wildman–Crippen LogP) is 3.08. The molecule has 0 atom stereocenters. The molecule has 1 heterocycles.